The van der Waals surface area contributed by atoms with Gasteiger partial charge in [0.05, 0.1) is 17.8 Å². The molecular weight excluding hydrogens is 313 g/mol. The molecule has 1 aliphatic rings. The van der Waals surface area contributed by atoms with Gasteiger partial charge in [-0.1, -0.05) is 11.6 Å². The van der Waals surface area contributed by atoms with Gasteiger partial charge in [0.1, 0.15) is 0 Å². The Morgan fingerprint density at radius 3 is 2.70 bits per heavy atom. The second kappa shape index (κ2) is 6.57. The summed E-state index contributed by atoms with van der Waals surface area (Å²) in [6, 6.07) is 4.84. The van der Waals surface area contributed by atoms with Crippen molar-refractivity contribution in [3.63, 3.8) is 0 Å². The van der Waals surface area contributed by atoms with Crippen LogP contribution in [-0.4, -0.2) is 42.3 Å². The average molecular weight is 330 g/mol. The van der Waals surface area contributed by atoms with Gasteiger partial charge in [-0.25, -0.2) is 0 Å². The van der Waals surface area contributed by atoms with Crippen molar-refractivity contribution in [2.75, 3.05) is 18.0 Å². The second-order valence-corrected chi connectivity index (χ2v) is 5.44. The first kappa shape index (κ1) is 17.3. The van der Waals surface area contributed by atoms with E-state index in [4.69, 9.17) is 5.11 Å². The third-order valence-electron chi connectivity index (χ3n) is 3.59. The zero-order valence-electron chi connectivity index (χ0n) is 12.5. The molecule has 1 heterocycles. The van der Waals surface area contributed by atoms with E-state index in [2.05, 4.69) is 5.32 Å². The van der Waals surface area contributed by atoms with Crippen LogP contribution in [0.3, 0.4) is 0 Å². The lowest BCUT2D eigenvalue weighted by molar-refractivity contribution is -0.201. The predicted molar refractivity (Wildman–Crippen MR) is 77.2 cm³/mol. The predicted octanol–water partition coefficient (Wildman–Crippen LogP) is 1.77. The van der Waals surface area contributed by atoms with Crippen LogP contribution in [0.25, 0.3) is 0 Å². The Bertz CT molecular complexity index is 616. The summed E-state index contributed by atoms with van der Waals surface area (Å²) in [5, 5.41) is 11.0. The zero-order valence-corrected chi connectivity index (χ0v) is 12.5. The fourth-order valence-electron chi connectivity index (χ4n) is 2.37. The third-order valence-corrected chi connectivity index (χ3v) is 3.59. The second-order valence-electron chi connectivity index (χ2n) is 5.44. The van der Waals surface area contributed by atoms with Crippen LogP contribution in [-0.2, 0) is 4.79 Å². The Labute approximate surface area is 131 Å². The van der Waals surface area contributed by atoms with Crippen molar-refractivity contribution in [1.29, 1.82) is 0 Å². The number of alkyl halides is 3. The summed E-state index contributed by atoms with van der Waals surface area (Å²) in [7, 11) is 0. The molecule has 1 saturated heterocycles. The molecule has 0 bridgehead atoms. The summed E-state index contributed by atoms with van der Waals surface area (Å²) in [5.41, 5.74) is 1.23. The SMILES string of the molecule is Cc1ccc(N2CCCC2=O)c(C(=O)NCC(O)C(F)(F)F)c1. The quantitative estimate of drug-likeness (QED) is 0.884. The maximum atomic E-state index is 12.3. The molecule has 2 amide bonds. The van der Waals surface area contributed by atoms with Crippen molar-refractivity contribution in [2.45, 2.75) is 32.0 Å². The van der Waals surface area contributed by atoms with Crippen molar-refractivity contribution >= 4 is 17.5 Å². The molecular formula is C15H17F3N2O3. The number of benzene rings is 1. The Balaban J connectivity index is 2.19. The van der Waals surface area contributed by atoms with Gasteiger partial charge >= 0.3 is 6.18 Å². The standard InChI is InChI=1S/C15H17F3N2O3/c1-9-4-5-11(20-6-2-3-13(20)22)10(7-9)14(23)19-8-12(21)15(16,17)18/h4-5,7,12,21H,2-3,6,8H2,1H3,(H,19,23). The van der Waals surface area contributed by atoms with Gasteiger partial charge in [-0.2, -0.15) is 13.2 Å². The molecule has 0 aliphatic carbocycles. The number of carbonyl (C=O) groups is 2. The molecule has 23 heavy (non-hydrogen) atoms. The Hall–Kier alpha value is -2.09. The number of amides is 2. The molecule has 1 unspecified atom stereocenters. The molecule has 5 nitrogen and oxygen atoms in total. The highest BCUT2D eigenvalue weighted by Gasteiger charge is 2.38. The van der Waals surface area contributed by atoms with Gasteiger partial charge in [0.2, 0.25) is 5.91 Å². The van der Waals surface area contributed by atoms with Gasteiger partial charge in [0.25, 0.3) is 5.91 Å². The zero-order chi connectivity index (χ0) is 17.2. The molecule has 0 spiro atoms. The average Bonchev–Trinajstić information content (AvgIpc) is 2.89. The topological polar surface area (TPSA) is 69.6 Å². The van der Waals surface area contributed by atoms with Crippen LogP contribution >= 0.6 is 0 Å². The molecule has 0 aromatic heterocycles. The number of aliphatic hydroxyl groups excluding tert-OH is 1. The lowest BCUT2D eigenvalue weighted by Gasteiger charge is -2.21. The van der Waals surface area contributed by atoms with Crippen LogP contribution < -0.4 is 10.2 Å². The summed E-state index contributed by atoms with van der Waals surface area (Å²) < 4.78 is 36.9. The van der Waals surface area contributed by atoms with E-state index in [0.717, 1.165) is 5.56 Å². The van der Waals surface area contributed by atoms with Gasteiger partial charge in [-0.3, -0.25) is 9.59 Å². The van der Waals surface area contributed by atoms with E-state index in [9.17, 15) is 22.8 Å². The van der Waals surface area contributed by atoms with Gasteiger partial charge in [-0.05, 0) is 25.5 Å². The molecule has 2 N–H and O–H groups in total. The van der Waals surface area contributed by atoms with Gasteiger partial charge in [0.15, 0.2) is 6.10 Å². The molecule has 1 fully saturated rings. The largest absolute Gasteiger partial charge is 0.416 e. The number of rotatable bonds is 4. The molecule has 2 rings (SSSR count). The van der Waals surface area contributed by atoms with E-state index in [1.807, 2.05) is 0 Å². The first-order chi connectivity index (χ1) is 10.7. The molecule has 1 aromatic rings. The number of nitrogens with zero attached hydrogens (tertiary/aromatic N) is 1. The normalized spacial score (nSPS) is 16.6. The first-order valence-electron chi connectivity index (χ1n) is 7.14. The van der Waals surface area contributed by atoms with Crippen molar-refractivity contribution in [2.24, 2.45) is 0 Å². The number of anilines is 1. The number of halogens is 3. The molecule has 0 radical (unpaired) electrons. The minimum atomic E-state index is -4.80. The number of carbonyl (C=O) groups excluding carboxylic acids is 2. The maximum Gasteiger partial charge on any atom is 0.416 e. The van der Waals surface area contributed by atoms with Crippen LogP contribution in [0.15, 0.2) is 18.2 Å². The number of aliphatic hydroxyl groups is 1. The number of nitrogens with one attached hydrogen (secondary N) is 1. The van der Waals surface area contributed by atoms with Crippen molar-refractivity contribution < 1.29 is 27.9 Å². The smallest absolute Gasteiger partial charge is 0.382 e. The van der Waals surface area contributed by atoms with E-state index in [1.165, 1.54) is 11.0 Å². The monoisotopic (exact) mass is 330 g/mol. The Morgan fingerprint density at radius 2 is 2.13 bits per heavy atom. The van der Waals surface area contributed by atoms with Gasteiger partial charge in [0, 0.05) is 13.0 Å². The minimum absolute atomic E-state index is 0.120. The highest BCUT2D eigenvalue weighted by Crippen LogP contribution is 2.27. The van der Waals surface area contributed by atoms with Crippen molar-refractivity contribution in [1.82, 2.24) is 5.32 Å². The number of aryl methyl sites for hydroxylation is 1. The highest BCUT2D eigenvalue weighted by molar-refractivity contribution is 6.05. The number of hydrogen-bond acceptors (Lipinski definition) is 3. The van der Waals surface area contributed by atoms with E-state index in [0.29, 0.717) is 25.1 Å². The summed E-state index contributed by atoms with van der Waals surface area (Å²) in [5.74, 6) is -0.884. The Morgan fingerprint density at radius 1 is 1.43 bits per heavy atom. The summed E-state index contributed by atoms with van der Waals surface area (Å²) in [6.45, 7) is 1.26. The molecule has 1 atom stereocenters. The van der Waals surface area contributed by atoms with Gasteiger partial charge in [-0.15, -0.1) is 0 Å². The van der Waals surface area contributed by atoms with Crippen molar-refractivity contribution in [3.05, 3.63) is 29.3 Å². The number of hydrogen-bond donors (Lipinski definition) is 2. The molecule has 126 valence electrons. The minimum Gasteiger partial charge on any atom is -0.382 e. The van der Waals surface area contributed by atoms with Crippen LogP contribution in [0.4, 0.5) is 18.9 Å². The van der Waals surface area contributed by atoms with Crippen LogP contribution in [0.1, 0.15) is 28.8 Å². The lowest BCUT2D eigenvalue weighted by Crippen LogP contribution is -2.41. The molecule has 8 heteroatoms. The van der Waals surface area contributed by atoms with Crippen LogP contribution in [0, 0.1) is 6.92 Å². The Kier molecular flexibility index (Phi) is 4.93. The van der Waals surface area contributed by atoms with Crippen LogP contribution in [0.5, 0.6) is 0 Å². The van der Waals surface area contributed by atoms with E-state index < -0.39 is 24.7 Å². The molecule has 0 saturated carbocycles. The lowest BCUT2D eigenvalue weighted by atomic mass is 10.1. The van der Waals surface area contributed by atoms with Crippen molar-refractivity contribution in [3.8, 4) is 0 Å². The summed E-state index contributed by atoms with van der Waals surface area (Å²) >= 11 is 0. The van der Waals surface area contributed by atoms with E-state index in [-0.39, 0.29) is 11.5 Å². The molecule has 1 aliphatic heterocycles. The van der Waals surface area contributed by atoms with E-state index >= 15 is 0 Å². The fraction of sp³-hybridized carbons (Fsp3) is 0.467. The fourth-order valence-corrected chi connectivity index (χ4v) is 2.37. The summed E-state index contributed by atoms with van der Waals surface area (Å²) in [4.78, 5) is 25.5. The first-order valence-corrected chi connectivity index (χ1v) is 7.14. The molecule has 1 aromatic carbocycles. The summed E-state index contributed by atoms with van der Waals surface area (Å²) in [6.07, 6.45) is -6.39. The van der Waals surface area contributed by atoms with E-state index in [1.54, 1.807) is 19.1 Å². The van der Waals surface area contributed by atoms with Gasteiger partial charge < -0.3 is 15.3 Å². The van der Waals surface area contributed by atoms with Crippen LogP contribution in [0.2, 0.25) is 0 Å². The maximum absolute atomic E-state index is 12.3. The third kappa shape index (κ3) is 4.01. The highest BCUT2D eigenvalue weighted by atomic mass is 19.4.